The molecule has 0 saturated carbocycles. The zero-order chi connectivity index (χ0) is 14.3. The molecule has 0 aliphatic heterocycles. The third kappa shape index (κ3) is 2.09. The second kappa shape index (κ2) is 4.92. The topological polar surface area (TPSA) is 66.0 Å². The Morgan fingerprint density at radius 1 is 1.20 bits per heavy atom. The summed E-state index contributed by atoms with van der Waals surface area (Å²) in [6.07, 6.45) is 0. The lowest BCUT2D eigenvalue weighted by molar-refractivity contribution is 0.477. The van der Waals surface area contributed by atoms with Gasteiger partial charge in [0.05, 0.1) is 21.5 Å². The Balaban J connectivity index is 2.36. The summed E-state index contributed by atoms with van der Waals surface area (Å²) in [4.78, 5) is 19.1. The molecule has 0 spiro atoms. The Hall–Kier alpha value is -1.85. The number of H-pyrrole nitrogens is 1. The van der Waals surface area contributed by atoms with Crippen molar-refractivity contribution in [3.05, 3.63) is 56.2 Å². The molecule has 0 amide bonds. The molecule has 2 aromatic carbocycles. The lowest BCUT2D eigenvalue weighted by Gasteiger charge is -2.08. The van der Waals surface area contributed by atoms with Crippen LogP contribution in [0.25, 0.3) is 22.3 Å². The number of rotatable bonds is 1. The Bertz CT molecular complexity index is 877. The van der Waals surface area contributed by atoms with Gasteiger partial charge in [0.2, 0.25) is 0 Å². The molecule has 4 nitrogen and oxygen atoms in total. The predicted octanol–water partition coefficient (Wildman–Crippen LogP) is 3.71. The number of phenols is 1. The first-order chi connectivity index (χ1) is 9.58. The summed E-state index contributed by atoms with van der Waals surface area (Å²) < 4.78 is 0.595. The van der Waals surface area contributed by atoms with Crippen molar-refractivity contribution in [1.29, 1.82) is 0 Å². The molecule has 6 heteroatoms. The van der Waals surface area contributed by atoms with Crippen LogP contribution in [0.3, 0.4) is 0 Å². The Labute approximate surface area is 127 Å². The van der Waals surface area contributed by atoms with E-state index in [4.69, 9.17) is 11.6 Å². The van der Waals surface area contributed by atoms with Crippen molar-refractivity contribution in [1.82, 2.24) is 9.97 Å². The molecule has 3 rings (SSSR count). The monoisotopic (exact) mass is 350 g/mol. The highest BCUT2D eigenvalue weighted by Crippen LogP contribution is 2.39. The van der Waals surface area contributed by atoms with Crippen molar-refractivity contribution in [2.75, 3.05) is 0 Å². The van der Waals surface area contributed by atoms with Gasteiger partial charge in [-0.05, 0) is 40.2 Å². The minimum atomic E-state index is -0.267. The molecular weight excluding hydrogens is 344 g/mol. The van der Waals surface area contributed by atoms with Gasteiger partial charge in [0, 0.05) is 4.47 Å². The zero-order valence-corrected chi connectivity index (χ0v) is 12.4. The highest BCUT2D eigenvalue weighted by molar-refractivity contribution is 9.10. The smallest absolute Gasteiger partial charge is 0.259 e. The third-order valence-corrected chi connectivity index (χ3v) is 3.89. The van der Waals surface area contributed by atoms with Crippen molar-refractivity contribution < 1.29 is 5.11 Å². The van der Waals surface area contributed by atoms with Crippen LogP contribution in [0.4, 0.5) is 0 Å². The maximum absolute atomic E-state index is 12.1. The van der Waals surface area contributed by atoms with Gasteiger partial charge in [0.15, 0.2) is 0 Å². The molecule has 0 aliphatic carbocycles. The SMILES string of the molecule is O=c1[nH]c(-c2c(Br)ccc(Cl)c2O)nc2ccccc12. The van der Waals surface area contributed by atoms with Crippen LogP contribution in [0.1, 0.15) is 0 Å². The van der Waals surface area contributed by atoms with E-state index in [-0.39, 0.29) is 22.2 Å². The Morgan fingerprint density at radius 2 is 1.95 bits per heavy atom. The van der Waals surface area contributed by atoms with Gasteiger partial charge in [-0.25, -0.2) is 4.98 Å². The van der Waals surface area contributed by atoms with E-state index in [9.17, 15) is 9.90 Å². The normalized spacial score (nSPS) is 10.9. The minimum Gasteiger partial charge on any atom is -0.506 e. The van der Waals surface area contributed by atoms with E-state index in [2.05, 4.69) is 25.9 Å². The van der Waals surface area contributed by atoms with Crippen LogP contribution in [0.2, 0.25) is 5.02 Å². The molecule has 20 heavy (non-hydrogen) atoms. The summed E-state index contributed by atoms with van der Waals surface area (Å²) in [7, 11) is 0. The highest BCUT2D eigenvalue weighted by Gasteiger charge is 2.15. The fourth-order valence-electron chi connectivity index (χ4n) is 1.97. The van der Waals surface area contributed by atoms with Gasteiger partial charge in [0.25, 0.3) is 5.56 Å². The zero-order valence-electron chi connectivity index (χ0n) is 10.0. The van der Waals surface area contributed by atoms with Crippen molar-refractivity contribution in [2.45, 2.75) is 0 Å². The van der Waals surface area contributed by atoms with Gasteiger partial charge in [0.1, 0.15) is 11.6 Å². The van der Waals surface area contributed by atoms with E-state index in [1.165, 1.54) is 0 Å². The third-order valence-electron chi connectivity index (χ3n) is 2.93. The lowest BCUT2D eigenvalue weighted by atomic mass is 10.1. The second-order valence-electron chi connectivity index (χ2n) is 4.18. The number of hydrogen-bond acceptors (Lipinski definition) is 3. The van der Waals surface area contributed by atoms with Crippen LogP contribution >= 0.6 is 27.5 Å². The number of phenolic OH excluding ortho intramolecular Hbond substituents is 1. The fraction of sp³-hybridized carbons (Fsp3) is 0. The minimum absolute atomic E-state index is 0.125. The number of aromatic hydroxyl groups is 1. The Morgan fingerprint density at radius 3 is 2.75 bits per heavy atom. The number of aromatic amines is 1. The molecule has 0 bridgehead atoms. The van der Waals surface area contributed by atoms with E-state index in [0.29, 0.717) is 20.9 Å². The second-order valence-corrected chi connectivity index (χ2v) is 5.45. The molecule has 0 saturated heterocycles. The van der Waals surface area contributed by atoms with Gasteiger partial charge in [-0.3, -0.25) is 4.79 Å². The summed E-state index contributed by atoms with van der Waals surface area (Å²) in [6.45, 7) is 0. The molecule has 0 fully saturated rings. The summed E-state index contributed by atoms with van der Waals surface area (Å²) in [5.41, 5.74) is 0.648. The maximum Gasteiger partial charge on any atom is 0.259 e. The molecule has 0 aliphatic rings. The van der Waals surface area contributed by atoms with E-state index in [0.717, 1.165) is 0 Å². The number of hydrogen-bond donors (Lipinski definition) is 2. The van der Waals surface area contributed by atoms with Crippen LogP contribution in [0.15, 0.2) is 45.7 Å². The number of para-hydroxylation sites is 1. The van der Waals surface area contributed by atoms with Crippen molar-refractivity contribution in [2.24, 2.45) is 0 Å². The van der Waals surface area contributed by atoms with E-state index in [1.54, 1.807) is 36.4 Å². The van der Waals surface area contributed by atoms with E-state index in [1.807, 2.05) is 0 Å². The number of fused-ring (bicyclic) bond motifs is 1. The molecule has 2 N–H and O–H groups in total. The number of benzene rings is 2. The molecule has 0 radical (unpaired) electrons. The molecule has 0 unspecified atom stereocenters. The summed E-state index contributed by atoms with van der Waals surface area (Å²) in [5, 5.41) is 10.8. The first kappa shape index (κ1) is 13.1. The van der Waals surface area contributed by atoms with E-state index >= 15 is 0 Å². The molecule has 0 atom stereocenters. The first-order valence-corrected chi connectivity index (χ1v) is 6.91. The maximum atomic E-state index is 12.1. The van der Waals surface area contributed by atoms with Gasteiger partial charge >= 0.3 is 0 Å². The number of halogens is 2. The van der Waals surface area contributed by atoms with Gasteiger partial charge < -0.3 is 10.1 Å². The van der Waals surface area contributed by atoms with Gasteiger partial charge in [-0.2, -0.15) is 0 Å². The predicted molar refractivity (Wildman–Crippen MR) is 82.2 cm³/mol. The van der Waals surface area contributed by atoms with Gasteiger partial charge in [-0.1, -0.05) is 23.7 Å². The average Bonchev–Trinajstić information content (AvgIpc) is 2.44. The standard InChI is InChI=1S/C14H8BrClN2O2/c15-8-5-6-9(16)12(19)11(8)13-17-10-4-2-1-3-7(10)14(20)18-13/h1-6,19H,(H,17,18,20). The van der Waals surface area contributed by atoms with Crippen LogP contribution < -0.4 is 5.56 Å². The van der Waals surface area contributed by atoms with Crippen LogP contribution in [0.5, 0.6) is 5.75 Å². The van der Waals surface area contributed by atoms with Gasteiger partial charge in [-0.15, -0.1) is 0 Å². The number of nitrogens with one attached hydrogen (secondary N) is 1. The molecule has 1 heterocycles. The van der Waals surface area contributed by atoms with Crippen molar-refractivity contribution in [3.8, 4) is 17.1 Å². The summed E-state index contributed by atoms with van der Waals surface area (Å²) in [5.74, 6) is 0.139. The first-order valence-electron chi connectivity index (χ1n) is 5.74. The number of aromatic nitrogens is 2. The van der Waals surface area contributed by atoms with Crippen LogP contribution in [-0.4, -0.2) is 15.1 Å². The van der Waals surface area contributed by atoms with Crippen molar-refractivity contribution >= 4 is 38.4 Å². The van der Waals surface area contributed by atoms with Crippen molar-refractivity contribution in [3.63, 3.8) is 0 Å². The Kier molecular flexibility index (Phi) is 3.23. The van der Waals surface area contributed by atoms with Crippen LogP contribution in [-0.2, 0) is 0 Å². The highest BCUT2D eigenvalue weighted by atomic mass is 79.9. The fourth-order valence-corrected chi connectivity index (χ4v) is 2.64. The molecular formula is C14H8BrClN2O2. The number of nitrogens with zero attached hydrogens (tertiary/aromatic N) is 1. The lowest BCUT2D eigenvalue weighted by Crippen LogP contribution is -2.09. The summed E-state index contributed by atoms with van der Waals surface area (Å²) >= 11 is 9.23. The largest absolute Gasteiger partial charge is 0.506 e. The summed E-state index contributed by atoms with van der Waals surface area (Å²) in [6, 6.07) is 10.2. The van der Waals surface area contributed by atoms with Crippen LogP contribution in [0, 0.1) is 0 Å². The molecule has 100 valence electrons. The quantitative estimate of drug-likeness (QED) is 0.702. The van der Waals surface area contributed by atoms with E-state index < -0.39 is 0 Å². The molecule has 1 aromatic heterocycles. The average molecular weight is 352 g/mol. The molecule has 3 aromatic rings.